The standard InChI is InChI=1S/C16H10F2N2O5/c17-16(18,13(21)9-4-2-1-3-5-9)15(23)11-8-10(20(24)25)6-7-12(11)19-14(15)22/h1-8,23H,(H,19,22). The third-order valence-corrected chi connectivity index (χ3v) is 3.96. The van der Waals surface area contributed by atoms with Crippen LogP contribution in [0.2, 0.25) is 0 Å². The number of hydrogen-bond acceptors (Lipinski definition) is 5. The van der Waals surface area contributed by atoms with E-state index in [0.29, 0.717) is 6.07 Å². The number of nitrogens with zero attached hydrogens (tertiary/aromatic N) is 1. The van der Waals surface area contributed by atoms with E-state index in [2.05, 4.69) is 0 Å². The molecule has 1 amide bonds. The van der Waals surface area contributed by atoms with Crippen LogP contribution >= 0.6 is 0 Å². The Morgan fingerprint density at radius 1 is 1.20 bits per heavy atom. The molecule has 2 N–H and O–H groups in total. The number of rotatable bonds is 4. The fraction of sp³-hybridized carbons (Fsp3) is 0.125. The number of benzene rings is 2. The van der Waals surface area contributed by atoms with E-state index < -0.39 is 45.0 Å². The molecule has 128 valence electrons. The Labute approximate surface area is 139 Å². The first-order valence-electron chi connectivity index (χ1n) is 7.00. The first-order valence-corrected chi connectivity index (χ1v) is 7.00. The van der Waals surface area contributed by atoms with Gasteiger partial charge >= 0.3 is 5.92 Å². The summed E-state index contributed by atoms with van der Waals surface area (Å²) in [5.74, 6) is -7.85. The highest BCUT2D eigenvalue weighted by molar-refractivity contribution is 6.13. The monoisotopic (exact) mass is 348 g/mol. The van der Waals surface area contributed by atoms with E-state index in [9.17, 15) is 33.6 Å². The Kier molecular flexibility index (Phi) is 3.61. The Bertz CT molecular complexity index is 901. The number of carbonyl (C=O) groups is 2. The maximum Gasteiger partial charge on any atom is 0.351 e. The van der Waals surface area contributed by atoms with E-state index in [1.165, 1.54) is 18.2 Å². The summed E-state index contributed by atoms with van der Waals surface area (Å²) in [5.41, 5.74) is -5.51. The number of alkyl halides is 2. The maximum absolute atomic E-state index is 14.8. The van der Waals surface area contributed by atoms with Crippen LogP contribution in [0.5, 0.6) is 0 Å². The molecule has 1 atom stereocenters. The predicted molar refractivity (Wildman–Crippen MR) is 81.3 cm³/mol. The van der Waals surface area contributed by atoms with Gasteiger partial charge in [-0.25, -0.2) is 0 Å². The lowest BCUT2D eigenvalue weighted by Gasteiger charge is -2.29. The molecule has 2 aromatic carbocycles. The first-order chi connectivity index (χ1) is 11.7. The lowest BCUT2D eigenvalue weighted by molar-refractivity contribution is -0.385. The van der Waals surface area contributed by atoms with Crippen LogP contribution in [0.15, 0.2) is 48.5 Å². The van der Waals surface area contributed by atoms with Gasteiger partial charge in [0.25, 0.3) is 11.6 Å². The molecule has 0 bridgehead atoms. The number of halogens is 2. The molecule has 25 heavy (non-hydrogen) atoms. The quantitative estimate of drug-likeness (QED) is 0.500. The van der Waals surface area contributed by atoms with E-state index >= 15 is 0 Å². The fourth-order valence-corrected chi connectivity index (χ4v) is 2.64. The first kappa shape index (κ1) is 16.7. The zero-order chi connectivity index (χ0) is 18.4. The number of non-ortho nitro benzene ring substituents is 1. The lowest BCUT2D eigenvalue weighted by atomic mass is 9.84. The van der Waals surface area contributed by atoms with Crippen molar-refractivity contribution < 1.29 is 28.4 Å². The van der Waals surface area contributed by atoms with Gasteiger partial charge < -0.3 is 10.4 Å². The molecule has 1 aliphatic rings. The van der Waals surface area contributed by atoms with E-state index in [0.717, 1.165) is 24.3 Å². The summed E-state index contributed by atoms with van der Waals surface area (Å²) >= 11 is 0. The summed E-state index contributed by atoms with van der Waals surface area (Å²) in [6, 6.07) is 9.09. The second-order valence-electron chi connectivity index (χ2n) is 5.42. The van der Waals surface area contributed by atoms with E-state index in [1.807, 2.05) is 5.32 Å². The summed E-state index contributed by atoms with van der Waals surface area (Å²) in [7, 11) is 0. The molecule has 2 aromatic rings. The van der Waals surface area contributed by atoms with Crippen LogP contribution < -0.4 is 5.32 Å². The summed E-state index contributed by atoms with van der Waals surface area (Å²) < 4.78 is 29.6. The van der Waals surface area contributed by atoms with Gasteiger partial charge in [-0.05, 0) is 6.07 Å². The molecule has 1 heterocycles. The highest BCUT2D eigenvalue weighted by atomic mass is 19.3. The largest absolute Gasteiger partial charge is 0.370 e. The maximum atomic E-state index is 14.8. The zero-order valence-electron chi connectivity index (χ0n) is 12.4. The number of nitrogens with one attached hydrogen (secondary N) is 1. The van der Waals surface area contributed by atoms with Crippen LogP contribution in [0, 0.1) is 10.1 Å². The molecular weight excluding hydrogens is 338 g/mol. The van der Waals surface area contributed by atoms with E-state index in [-0.39, 0.29) is 5.69 Å². The Morgan fingerprint density at radius 3 is 2.44 bits per heavy atom. The van der Waals surface area contributed by atoms with Crippen LogP contribution in [0.3, 0.4) is 0 Å². The third-order valence-electron chi connectivity index (χ3n) is 3.96. The van der Waals surface area contributed by atoms with Crippen molar-refractivity contribution in [1.82, 2.24) is 0 Å². The summed E-state index contributed by atoms with van der Waals surface area (Å²) in [6.45, 7) is 0. The minimum atomic E-state index is -4.54. The molecule has 0 radical (unpaired) electrons. The molecule has 0 aromatic heterocycles. The van der Waals surface area contributed by atoms with Gasteiger partial charge in [-0.3, -0.25) is 19.7 Å². The Hall–Kier alpha value is -3.20. The summed E-state index contributed by atoms with van der Waals surface area (Å²) in [4.78, 5) is 34.3. The fourth-order valence-electron chi connectivity index (χ4n) is 2.64. The van der Waals surface area contributed by atoms with Crippen molar-refractivity contribution in [2.24, 2.45) is 0 Å². The van der Waals surface area contributed by atoms with Gasteiger partial charge in [0.2, 0.25) is 11.4 Å². The number of hydrogen-bond donors (Lipinski definition) is 2. The average Bonchev–Trinajstić information content (AvgIpc) is 2.86. The molecule has 0 aliphatic carbocycles. The van der Waals surface area contributed by atoms with Crippen molar-refractivity contribution >= 4 is 23.1 Å². The molecule has 7 nitrogen and oxygen atoms in total. The number of nitro benzene ring substituents is 1. The van der Waals surface area contributed by atoms with Gasteiger partial charge in [-0.1, -0.05) is 30.3 Å². The normalized spacial score (nSPS) is 19.2. The van der Waals surface area contributed by atoms with Gasteiger partial charge in [0.15, 0.2) is 0 Å². The summed E-state index contributed by atoms with van der Waals surface area (Å²) in [5, 5.41) is 23.4. The topological polar surface area (TPSA) is 110 Å². The average molecular weight is 348 g/mol. The minimum absolute atomic E-state index is 0.223. The van der Waals surface area contributed by atoms with Crippen molar-refractivity contribution in [3.8, 4) is 0 Å². The highest BCUT2D eigenvalue weighted by Gasteiger charge is 2.67. The number of fused-ring (bicyclic) bond motifs is 1. The third kappa shape index (κ3) is 2.28. The minimum Gasteiger partial charge on any atom is -0.370 e. The van der Waals surface area contributed by atoms with Gasteiger partial charge in [0.1, 0.15) is 0 Å². The predicted octanol–water partition coefficient (Wildman–Crippen LogP) is 2.25. The SMILES string of the molecule is O=C(c1ccccc1)C(F)(F)C1(O)C(=O)Nc2ccc([N+](=O)[O-])cc21. The van der Waals surface area contributed by atoms with Crippen LogP contribution in [-0.2, 0) is 10.4 Å². The van der Waals surface area contributed by atoms with Gasteiger partial charge in [-0.15, -0.1) is 0 Å². The summed E-state index contributed by atoms with van der Waals surface area (Å²) in [6.07, 6.45) is 0. The number of nitro groups is 1. The number of amides is 1. The Morgan fingerprint density at radius 2 is 1.84 bits per heavy atom. The Balaban J connectivity index is 2.16. The molecule has 0 saturated heterocycles. The second kappa shape index (κ2) is 5.42. The number of anilines is 1. The van der Waals surface area contributed by atoms with Crippen molar-refractivity contribution in [3.63, 3.8) is 0 Å². The molecule has 9 heteroatoms. The molecule has 1 unspecified atom stereocenters. The van der Waals surface area contributed by atoms with Gasteiger partial charge in [0, 0.05) is 28.9 Å². The number of ketones is 1. The molecular formula is C16H10F2N2O5. The van der Waals surface area contributed by atoms with Crippen molar-refractivity contribution in [2.75, 3.05) is 5.32 Å². The van der Waals surface area contributed by atoms with E-state index in [4.69, 9.17) is 0 Å². The number of carbonyl (C=O) groups excluding carboxylic acids is 2. The number of Topliss-reactive ketones (excluding diaryl/α,β-unsaturated/α-hetero) is 1. The van der Waals surface area contributed by atoms with Gasteiger partial charge in [-0.2, -0.15) is 8.78 Å². The highest BCUT2D eigenvalue weighted by Crippen LogP contribution is 2.48. The lowest BCUT2D eigenvalue weighted by Crippen LogP contribution is -2.55. The molecule has 3 rings (SSSR count). The smallest absolute Gasteiger partial charge is 0.351 e. The van der Waals surface area contributed by atoms with E-state index in [1.54, 1.807) is 0 Å². The molecule has 0 spiro atoms. The van der Waals surface area contributed by atoms with Crippen LogP contribution in [0.4, 0.5) is 20.2 Å². The van der Waals surface area contributed by atoms with Crippen LogP contribution in [-0.4, -0.2) is 27.6 Å². The zero-order valence-corrected chi connectivity index (χ0v) is 12.4. The van der Waals surface area contributed by atoms with Gasteiger partial charge in [0.05, 0.1) is 4.92 Å². The van der Waals surface area contributed by atoms with Crippen molar-refractivity contribution in [2.45, 2.75) is 11.5 Å². The molecule has 0 fully saturated rings. The van der Waals surface area contributed by atoms with Crippen LogP contribution in [0.1, 0.15) is 15.9 Å². The molecule has 0 saturated carbocycles. The van der Waals surface area contributed by atoms with Crippen LogP contribution in [0.25, 0.3) is 0 Å². The van der Waals surface area contributed by atoms with Crippen molar-refractivity contribution in [3.05, 3.63) is 69.8 Å². The van der Waals surface area contributed by atoms with Crippen molar-refractivity contribution in [1.29, 1.82) is 0 Å². The second-order valence-corrected chi connectivity index (χ2v) is 5.42. The molecule has 1 aliphatic heterocycles. The number of aliphatic hydroxyl groups is 1.